The van der Waals surface area contributed by atoms with Gasteiger partial charge in [0.25, 0.3) is 11.7 Å². The number of aliphatic hydroxyl groups excluding tert-OH is 1. The molecule has 3 aromatic rings. The normalized spacial score (nSPS) is 16.6. The Morgan fingerprint density at radius 1 is 1.00 bits per heavy atom. The number of Topliss-reactive ketones (excluding diaryl/α,β-unsaturated/α-hetero) is 1. The fourth-order valence-corrected chi connectivity index (χ4v) is 4.92. The first-order valence-electron chi connectivity index (χ1n) is 13.6. The summed E-state index contributed by atoms with van der Waals surface area (Å²) in [5, 5.41) is 11.5. The van der Waals surface area contributed by atoms with Crippen molar-refractivity contribution in [3.63, 3.8) is 0 Å². The lowest BCUT2D eigenvalue weighted by Gasteiger charge is -2.25. The number of ketones is 1. The number of rotatable bonds is 11. The van der Waals surface area contributed by atoms with Crippen LogP contribution in [-0.4, -0.2) is 48.6 Å². The van der Waals surface area contributed by atoms with Crippen molar-refractivity contribution in [3.05, 3.63) is 100 Å². The van der Waals surface area contributed by atoms with Crippen molar-refractivity contribution in [1.29, 1.82) is 0 Å². The summed E-state index contributed by atoms with van der Waals surface area (Å²) in [6, 6.07) is 19.9. The van der Waals surface area contributed by atoms with E-state index in [4.69, 9.17) is 14.2 Å². The molecule has 1 saturated heterocycles. The molecule has 40 heavy (non-hydrogen) atoms. The molecule has 1 heterocycles. The largest absolute Gasteiger partial charge is 0.507 e. The van der Waals surface area contributed by atoms with Gasteiger partial charge in [-0.25, -0.2) is 0 Å². The molecular formula is C33H37NO6. The van der Waals surface area contributed by atoms with Crippen LogP contribution in [-0.2, 0) is 20.9 Å². The van der Waals surface area contributed by atoms with Gasteiger partial charge < -0.3 is 24.2 Å². The van der Waals surface area contributed by atoms with Gasteiger partial charge in [0.2, 0.25) is 0 Å². The summed E-state index contributed by atoms with van der Waals surface area (Å²) < 4.78 is 17.0. The van der Waals surface area contributed by atoms with E-state index in [9.17, 15) is 14.7 Å². The third-order valence-electron chi connectivity index (χ3n) is 7.13. The fraction of sp³-hybridized carbons (Fsp3) is 0.333. The maximum absolute atomic E-state index is 13.3. The molecule has 0 bridgehead atoms. The maximum atomic E-state index is 13.3. The van der Waals surface area contributed by atoms with Crippen molar-refractivity contribution >= 4 is 17.4 Å². The molecule has 1 atom stereocenters. The molecule has 210 valence electrons. The fourth-order valence-electron chi connectivity index (χ4n) is 4.92. The van der Waals surface area contributed by atoms with Crippen LogP contribution in [0.5, 0.6) is 11.5 Å². The molecule has 0 radical (unpaired) electrons. The Bertz CT molecular complexity index is 1390. The standard InChI is InChI=1S/C33H37NO6/c1-6-39-28-16-13-24(19-27(28)21(2)3)31(35)29-30(34(17-18-38-5)33(37)32(29)36)23-11-14-26(15-12-23)40-20-25-10-8-7-9-22(25)4/h7-16,19,21,30,35H,6,17-18,20H2,1-5H3/b31-29-. The SMILES string of the molecule is CCOc1ccc(/C(O)=C2/C(=O)C(=O)N(CCOC)C2c2ccc(OCc3ccccc3C)cc2)cc1C(C)C. The van der Waals surface area contributed by atoms with Gasteiger partial charge in [-0.05, 0) is 72.4 Å². The number of hydrogen-bond acceptors (Lipinski definition) is 6. The van der Waals surface area contributed by atoms with E-state index >= 15 is 0 Å². The smallest absolute Gasteiger partial charge is 0.295 e. The molecule has 4 rings (SSSR count). The third-order valence-corrected chi connectivity index (χ3v) is 7.13. The second-order valence-electron chi connectivity index (χ2n) is 10.1. The Kier molecular flexibility index (Phi) is 9.27. The minimum absolute atomic E-state index is 0.0496. The molecule has 0 spiro atoms. The number of aliphatic hydroxyl groups is 1. The summed E-state index contributed by atoms with van der Waals surface area (Å²) in [6.07, 6.45) is 0. The van der Waals surface area contributed by atoms with Crippen molar-refractivity contribution < 1.29 is 28.9 Å². The highest BCUT2D eigenvalue weighted by atomic mass is 16.5. The van der Waals surface area contributed by atoms with Crippen LogP contribution in [0.25, 0.3) is 5.76 Å². The monoisotopic (exact) mass is 543 g/mol. The summed E-state index contributed by atoms with van der Waals surface area (Å²) >= 11 is 0. The number of methoxy groups -OCH3 is 1. The summed E-state index contributed by atoms with van der Waals surface area (Å²) in [5.74, 6) is -0.0900. The number of ether oxygens (including phenoxy) is 3. The lowest BCUT2D eigenvalue weighted by Crippen LogP contribution is -2.32. The Morgan fingerprint density at radius 3 is 2.38 bits per heavy atom. The summed E-state index contributed by atoms with van der Waals surface area (Å²) in [7, 11) is 1.54. The van der Waals surface area contributed by atoms with E-state index in [1.807, 2.05) is 82.3 Å². The molecule has 0 aliphatic carbocycles. The molecule has 1 fully saturated rings. The first kappa shape index (κ1) is 28.9. The van der Waals surface area contributed by atoms with Crippen LogP contribution < -0.4 is 9.47 Å². The molecule has 3 aromatic carbocycles. The number of carbonyl (C=O) groups is 2. The van der Waals surface area contributed by atoms with Crippen molar-refractivity contribution in [3.8, 4) is 11.5 Å². The van der Waals surface area contributed by atoms with Crippen LogP contribution in [0.4, 0.5) is 0 Å². The van der Waals surface area contributed by atoms with Gasteiger partial charge in [0, 0.05) is 19.2 Å². The van der Waals surface area contributed by atoms with Crippen LogP contribution in [0.2, 0.25) is 0 Å². The first-order chi connectivity index (χ1) is 19.3. The topological polar surface area (TPSA) is 85.3 Å². The molecule has 1 N–H and O–H groups in total. The Hall–Kier alpha value is -4.10. The van der Waals surface area contributed by atoms with Crippen LogP contribution >= 0.6 is 0 Å². The number of hydrogen-bond donors (Lipinski definition) is 1. The molecular weight excluding hydrogens is 506 g/mol. The highest BCUT2D eigenvalue weighted by Gasteiger charge is 2.46. The number of likely N-dealkylation sites (tertiary alicyclic amines) is 1. The van der Waals surface area contributed by atoms with Crippen LogP contribution in [0, 0.1) is 6.92 Å². The number of nitrogens with zero attached hydrogens (tertiary/aromatic N) is 1. The molecule has 7 heteroatoms. The van der Waals surface area contributed by atoms with E-state index in [1.165, 1.54) is 4.90 Å². The van der Waals surface area contributed by atoms with Crippen molar-refractivity contribution in [2.75, 3.05) is 26.9 Å². The predicted molar refractivity (Wildman–Crippen MR) is 155 cm³/mol. The van der Waals surface area contributed by atoms with Gasteiger partial charge in [0.15, 0.2) is 0 Å². The average molecular weight is 544 g/mol. The maximum Gasteiger partial charge on any atom is 0.295 e. The van der Waals surface area contributed by atoms with Gasteiger partial charge in [0.05, 0.1) is 24.8 Å². The molecule has 0 saturated carbocycles. The van der Waals surface area contributed by atoms with Crippen molar-refractivity contribution in [2.24, 2.45) is 0 Å². The van der Waals surface area contributed by atoms with E-state index in [-0.39, 0.29) is 30.4 Å². The lowest BCUT2D eigenvalue weighted by atomic mass is 9.93. The summed E-state index contributed by atoms with van der Waals surface area (Å²) in [6.45, 7) is 9.42. The number of carbonyl (C=O) groups excluding carboxylic acids is 2. The second-order valence-corrected chi connectivity index (χ2v) is 10.1. The van der Waals surface area contributed by atoms with Gasteiger partial charge in [0.1, 0.15) is 23.9 Å². The lowest BCUT2D eigenvalue weighted by molar-refractivity contribution is -0.140. The highest BCUT2D eigenvalue weighted by Crippen LogP contribution is 2.40. The van der Waals surface area contributed by atoms with Gasteiger partial charge in [-0.15, -0.1) is 0 Å². The van der Waals surface area contributed by atoms with Gasteiger partial charge >= 0.3 is 0 Å². The van der Waals surface area contributed by atoms with Crippen molar-refractivity contribution in [1.82, 2.24) is 4.90 Å². The minimum Gasteiger partial charge on any atom is -0.507 e. The van der Waals surface area contributed by atoms with E-state index in [0.717, 1.165) is 22.4 Å². The van der Waals surface area contributed by atoms with E-state index < -0.39 is 17.7 Å². The summed E-state index contributed by atoms with van der Waals surface area (Å²) in [4.78, 5) is 27.9. The van der Waals surface area contributed by atoms with Crippen LogP contribution in [0.3, 0.4) is 0 Å². The molecule has 7 nitrogen and oxygen atoms in total. The zero-order valence-corrected chi connectivity index (χ0v) is 23.8. The first-order valence-corrected chi connectivity index (χ1v) is 13.6. The minimum atomic E-state index is -0.769. The molecule has 1 amide bonds. The van der Waals surface area contributed by atoms with Gasteiger partial charge in [-0.3, -0.25) is 9.59 Å². The Labute approximate surface area is 236 Å². The van der Waals surface area contributed by atoms with E-state index in [2.05, 4.69) is 0 Å². The quantitative estimate of drug-likeness (QED) is 0.177. The highest BCUT2D eigenvalue weighted by molar-refractivity contribution is 6.46. The Balaban J connectivity index is 1.71. The molecule has 1 aliphatic heterocycles. The summed E-state index contributed by atoms with van der Waals surface area (Å²) in [5.41, 5.74) is 4.35. The molecule has 1 aliphatic rings. The number of amides is 1. The average Bonchev–Trinajstić information content (AvgIpc) is 3.20. The predicted octanol–water partition coefficient (Wildman–Crippen LogP) is 6.16. The van der Waals surface area contributed by atoms with E-state index in [1.54, 1.807) is 19.2 Å². The second kappa shape index (κ2) is 12.8. The third kappa shape index (κ3) is 6.05. The van der Waals surface area contributed by atoms with Gasteiger partial charge in [-0.2, -0.15) is 0 Å². The van der Waals surface area contributed by atoms with Gasteiger partial charge in [-0.1, -0.05) is 50.2 Å². The zero-order chi connectivity index (χ0) is 28.8. The molecule has 0 aromatic heterocycles. The van der Waals surface area contributed by atoms with Crippen LogP contribution in [0.15, 0.2) is 72.3 Å². The number of benzene rings is 3. The Morgan fingerprint density at radius 2 is 1.73 bits per heavy atom. The van der Waals surface area contributed by atoms with Crippen LogP contribution in [0.1, 0.15) is 60.5 Å². The molecule has 1 unspecified atom stereocenters. The number of aryl methyl sites for hydroxylation is 1. The van der Waals surface area contributed by atoms with Crippen molar-refractivity contribution in [2.45, 2.75) is 46.3 Å². The van der Waals surface area contributed by atoms with E-state index in [0.29, 0.717) is 30.1 Å². The zero-order valence-electron chi connectivity index (χ0n) is 23.8.